The smallest absolute Gasteiger partial charge is 0.481 e. The molecule has 180 valence electrons. The first-order chi connectivity index (χ1) is 16.1. The summed E-state index contributed by atoms with van der Waals surface area (Å²) in [6.45, 7) is 3.04. The molecular formula is C26H26F3O4S+. The van der Waals surface area contributed by atoms with Crippen LogP contribution in [0.15, 0.2) is 65.6 Å². The second-order valence-electron chi connectivity index (χ2n) is 8.56. The van der Waals surface area contributed by atoms with E-state index >= 15 is 0 Å². The third-order valence-electron chi connectivity index (χ3n) is 5.68. The van der Waals surface area contributed by atoms with E-state index in [0.29, 0.717) is 11.3 Å². The van der Waals surface area contributed by atoms with Crippen LogP contribution in [0.25, 0.3) is 10.8 Å². The molecule has 0 amide bonds. The van der Waals surface area contributed by atoms with Crippen LogP contribution in [0.3, 0.4) is 0 Å². The van der Waals surface area contributed by atoms with E-state index < -0.39 is 17.9 Å². The van der Waals surface area contributed by atoms with Crippen LogP contribution in [0.4, 0.5) is 13.2 Å². The molecule has 0 radical (unpaired) electrons. The Labute approximate surface area is 199 Å². The van der Waals surface area contributed by atoms with E-state index in [9.17, 15) is 18.0 Å². The molecule has 1 aliphatic heterocycles. The molecule has 0 aromatic heterocycles. The quantitative estimate of drug-likeness (QED) is 0.285. The Kier molecular flexibility index (Phi) is 6.98. The summed E-state index contributed by atoms with van der Waals surface area (Å²) in [6.07, 6.45) is -2.24. The Bertz CT molecular complexity index is 1150. The number of fused-ring (bicyclic) bond motifs is 1. The molecule has 3 aromatic rings. The van der Waals surface area contributed by atoms with Crippen molar-refractivity contribution in [2.45, 2.75) is 43.5 Å². The Morgan fingerprint density at radius 3 is 2.21 bits per heavy atom. The molecule has 0 atom stereocenters. The van der Waals surface area contributed by atoms with E-state index in [2.05, 4.69) is 16.9 Å². The molecule has 0 unspecified atom stereocenters. The van der Waals surface area contributed by atoms with Gasteiger partial charge in [0.25, 0.3) is 0 Å². The van der Waals surface area contributed by atoms with Crippen molar-refractivity contribution < 1.29 is 32.2 Å². The van der Waals surface area contributed by atoms with E-state index in [1.165, 1.54) is 53.5 Å². The summed E-state index contributed by atoms with van der Waals surface area (Å²) in [6, 6.07) is 17.3. The molecule has 0 spiro atoms. The molecule has 34 heavy (non-hydrogen) atoms. The number of benzene rings is 3. The predicted molar refractivity (Wildman–Crippen MR) is 126 cm³/mol. The first-order valence-electron chi connectivity index (χ1n) is 11.0. The van der Waals surface area contributed by atoms with Gasteiger partial charge in [-0.2, -0.15) is 0 Å². The highest BCUT2D eigenvalue weighted by atomic mass is 32.2. The summed E-state index contributed by atoms with van der Waals surface area (Å²) < 4.78 is 52.4. The lowest BCUT2D eigenvalue weighted by Gasteiger charge is -2.26. The van der Waals surface area contributed by atoms with Crippen LogP contribution >= 0.6 is 0 Å². The van der Waals surface area contributed by atoms with E-state index in [4.69, 9.17) is 9.47 Å². The SMILES string of the molecule is CC(C)(OC(=O)COc1ccc([S+]2CCCC2)c2ccccc12)c1ccc(OC(F)(F)F)cc1. The number of ether oxygens (including phenoxy) is 3. The molecule has 0 bridgehead atoms. The van der Waals surface area contributed by atoms with Gasteiger partial charge in [0.05, 0.1) is 0 Å². The Morgan fingerprint density at radius 2 is 1.56 bits per heavy atom. The summed E-state index contributed by atoms with van der Waals surface area (Å²) >= 11 is 0. The second-order valence-corrected chi connectivity index (χ2v) is 10.8. The minimum atomic E-state index is -4.76. The summed E-state index contributed by atoms with van der Waals surface area (Å²) in [5.41, 5.74) is -0.532. The topological polar surface area (TPSA) is 44.8 Å². The molecular weight excluding hydrogens is 465 g/mol. The summed E-state index contributed by atoms with van der Waals surface area (Å²) in [5, 5.41) is 2.12. The zero-order valence-electron chi connectivity index (χ0n) is 19.0. The van der Waals surface area contributed by atoms with Gasteiger partial charge in [0, 0.05) is 21.7 Å². The van der Waals surface area contributed by atoms with Gasteiger partial charge >= 0.3 is 12.3 Å². The third-order valence-corrected chi connectivity index (χ3v) is 8.23. The number of carbonyl (C=O) groups excluding carboxylic acids is 1. The fourth-order valence-electron chi connectivity index (χ4n) is 4.06. The summed E-state index contributed by atoms with van der Waals surface area (Å²) in [5.74, 6) is 2.14. The van der Waals surface area contributed by atoms with Crippen LogP contribution < -0.4 is 9.47 Å². The van der Waals surface area contributed by atoms with Crippen LogP contribution in [0.2, 0.25) is 0 Å². The minimum absolute atomic E-state index is 0.253. The van der Waals surface area contributed by atoms with Gasteiger partial charge in [-0.3, -0.25) is 0 Å². The molecule has 3 aromatic carbocycles. The Balaban J connectivity index is 1.42. The van der Waals surface area contributed by atoms with Crippen LogP contribution in [0, 0.1) is 0 Å². The van der Waals surface area contributed by atoms with Gasteiger partial charge in [-0.05, 0) is 62.6 Å². The molecule has 1 fully saturated rings. The van der Waals surface area contributed by atoms with Crippen molar-refractivity contribution in [2.75, 3.05) is 18.1 Å². The number of carbonyl (C=O) groups is 1. The highest BCUT2D eigenvalue weighted by Crippen LogP contribution is 2.35. The normalized spacial score (nSPS) is 14.9. The van der Waals surface area contributed by atoms with Gasteiger partial charge < -0.3 is 14.2 Å². The van der Waals surface area contributed by atoms with E-state index in [-0.39, 0.29) is 23.3 Å². The van der Waals surface area contributed by atoms with E-state index in [1.54, 1.807) is 13.8 Å². The fraction of sp³-hybridized carbons (Fsp3) is 0.346. The van der Waals surface area contributed by atoms with E-state index in [1.807, 2.05) is 24.3 Å². The van der Waals surface area contributed by atoms with Crippen molar-refractivity contribution in [1.82, 2.24) is 0 Å². The van der Waals surface area contributed by atoms with Crippen molar-refractivity contribution in [1.29, 1.82) is 0 Å². The first-order valence-corrected chi connectivity index (χ1v) is 12.6. The maximum absolute atomic E-state index is 12.6. The predicted octanol–water partition coefficient (Wildman–Crippen LogP) is 6.37. The van der Waals surface area contributed by atoms with Gasteiger partial charge in [0.15, 0.2) is 11.5 Å². The molecule has 1 aliphatic rings. The van der Waals surface area contributed by atoms with Crippen LogP contribution in [-0.4, -0.2) is 30.4 Å². The van der Waals surface area contributed by atoms with Gasteiger partial charge in [-0.1, -0.05) is 30.3 Å². The Morgan fingerprint density at radius 1 is 0.912 bits per heavy atom. The number of alkyl halides is 3. The average Bonchev–Trinajstić information content (AvgIpc) is 3.31. The lowest BCUT2D eigenvalue weighted by molar-refractivity contribution is -0.274. The van der Waals surface area contributed by atoms with Crippen molar-refractivity contribution >= 4 is 27.6 Å². The van der Waals surface area contributed by atoms with Crippen molar-refractivity contribution in [3.8, 4) is 11.5 Å². The number of hydrogen-bond donors (Lipinski definition) is 0. The van der Waals surface area contributed by atoms with Crippen molar-refractivity contribution in [3.63, 3.8) is 0 Å². The maximum atomic E-state index is 12.6. The lowest BCUT2D eigenvalue weighted by Crippen LogP contribution is -2.28. The van der Waals surface area contributed by atoms with Gasteiger partial charge in [-0.15, -0.1) is 13.2 Å². The van der Waals surface area contributed by atoms with Crippen LogP contribution in [0.1, 0.15) is 32.3 Å². The second kappa shape index (κ2) is 9.78. The minimum Gasteiger partial charge on any atom is -0.481 e. The van der Waals surface area contributed by atoms with Crippen LogP contribution in [0.5, 0.6) is 11.5 Å². The molecule has 0 N–H and O–H groups in total. The molecule has 0 saturated carbocycles. The molecule has 4 nitrogen and oxygen atoms in total. The summed E-state index contributed by atoms with van der Waals surface area (Å²) in [7, 11) is 0.253. The van der Waals surface area contributed by atoms with Crippen molar-refractivity contribution in [2.24, 2.45) is 0 Å². The van der Waals surface area contributed by atoms with Gasteiger partial charge in [-0.25, -0.2) is 4.79 Å². The number of halogens is 3. The fourth-order valence-corrected chi connectivity index (χ4v) is 6.56. The number of rotatable bonds is 7. The molecule has 8 heteroatoms. The molecule has 1 heterocycles. The molecule has 4 rings (SSSR count). The molecule has 1 saturated heterocycles. The average molecular weight is 492 g/mol. The monoisotopic (exact) mass is 491 g/mol. The lowest BCUT2D eigenvalue weighted by atomic mass is 9.98. The maximum Gasteiger partial charge on any atom is 0.573 e. The van der Waals surface area contributed by atoms with Crippen molar-refractivity contribution in [3.05, 3.63) is 66.2 Å². The highest BCUT2D eigenvalue weighted by molar-refractivity contribution is 7.97. The van der Waals surface area contributed by atoms with Gasteiger partial charge in [0.2, 0.25) is 0 Å². The first kappa shape index (κ1) is 24.3. The molecule has 0 aliphatic carbocycles. The van der Waals surface area contributed by atoms with E-state index in [0.717, 1.165) is 10.8 Å². The zero-order chi connectivity index (χ0) is 24.3. The summed E-state index contributed by atoms with van der Waals surface area (Å²) in [4.78, 5) is 13.9. The zero-order valence-corrected chi connectivity index (χ0v) is 19.8. The largest absolute Gasteiger partial charge is 0.573 e. The standard InChI is InChI=1S/C26H26F3O4S/c1-25(2,18-9-11-19(12-10-18)32-26(27,28)29)33-24(30)17-31-22-13-14-23(34-15-5-6-16-34)21-8-4-3-7-20(21)22/h3-4,7-14H,5-6,15-17H2,1-2H3/q+1. The third kappa shape index (κ3) is 5.78. The Hall–Kier alpha value is -2.87. The highest BCUT2D eigenvalue weighted by Gasteiger charge is 2.32. The van der Waals surface area contributed by atoms with Crippen LogP contribution in [-0.2, 0) is 26.0 Å². The number of esters is 1. The van der Waals surface area contributed by atoms with Gasteiger partial charge in [0.1, 0.15) is 28.6 Å². The number of hydrogen-bond acceptors (Lipinski definition) is 4.